The monoisotopic (exact) mass is 560 g/mol. The van der Waals surface area contributed by atoms with Crippen LogP contribution in [0.5, 0.6) is 0 Å². The lowest BCUT2D eigenvalue weighted by molar-refractivity contribution is -0.143. The molecule has 0 aliphatic heterocycles. The summed E-state index contributed by atoms with van der Waals surface area (Å²) in [4.78, 5) is 4.23. The average molecular weight is 561 g/mol. The largest absolute Gasteiger partial charge is 0.416 e. The quantitative estimate of drug-likeness (QED) is 0.211. The van der Waals surface area contributed by atoms with Gasteiger partial charge in [0.05, 0.1) is 17.0 Å². The van der Waals surface area contributed by atoms with Crippen LogP contribution >= 0.6 is 0 Å². The molecule has 9 heteroatoms. The topological polar surface area (TPSA) is 38.9 Å². The van der Waals surface area contributed by atoms with Crippen molar-refractivity contribution in [2.45, 2.75) is 71.1 Å². The minimum absolute atomic E-state index is 0.00695. The normalized spacial score (nSPS) is 14.0. The van der Waals surface area contributed by atoms with Crippen LogP contribution in [-0.4, -0.2) is 10.1 Å². The predicted molar refractivity (Wildman–Crippen MR) is 141 cm³/mol. The summed E-state index contributed by atoms with van der Waals surface area (Å²) in [6.07, 6.45) is -9.08. The number of nitrogens with zero attached hydrogens (tertiary/aromatic N) is 2. The summed E-state index contributed by atoms with van der Waals surface area (Å²) in [5, 5.41) is 3.75. The van der Waals surface area contributed by atoms with Crippen molar-refractivity contribution < 1.29 is 30.9 Å². The van der Waals surface area contributed by atoms with Gasteiger partial charge in [0.1, 0.15) is 0 Å². The molecule has 0 saturated heterocycles. The molecule has 0 fully saturated rings. The maximum atomic E-state index is 13.4. The third-order valence-electron chi connectivity index (χ3n) is 7.28. The lowest BCUT2D eigenvalue weighted by atomic mass is 9.81. The Bertz CT molecular complexity index is 1450. The second-order valence-electron chi connectivity index (χ2n) is 10.2. The molecule has 0 aliphatic rings. The van der Waals surface area contributed by atoms with Crippen LogP contribution < -0.4 is 0 Å². The first-order chi connectivity index (χ1) is 18.7. The fourth-order valence-corrected chi connectivity index (χ4v) is 5.19. The molecular formula is C31H30F6N2O. The summed E-state index contributed by atoms with van der Waals surface area (Å²) < 4.78 is 85.5. The summed E-state index contributed by atoms with van der Waals surface area (Å²) in [6.45, 7) is 10.4. The van der Waals surface area contributed by atoms with Gasteiger partial charge in [-0.05, 0) is 65.3 Å². The van der Waals surface area contributed by atoms with Crippen molar-refractivity contribution in [3.05, 3.63) is 105 Å². The van der Waals surface area contributed by atoms with Gasteiger partial charge >= 0.3 is 12.4 Å². The first-order valence-electron chi connectivity index (χ1n) is 13.1. The molecule has 0 spiro atoms. The Labute approximate surface area is 229 Å². The van der Waals surface area contributed by atoms with E-state index < -0.39 is 35.0 Å². The van der Waals surface area contributed by atoms with E-state index in [1.165, 1.54) is 16.7 Å². The van der Waals surface area contributed by atoms with Gasteiger partial charge in [0, 0.05) is 11.5 Å². The summed E-state index contributed by atoms with van der Waals surface area (Å²) in [6, 6.07) is 15.3. The van der Waals surface area contributed by atoms with Crippen molar-refractivity contribution in [3.63, 3.8) is 0 Å². The summed E-state index contributed by atoms with van der Waals surface area (Å²) >= 11 is 0. The Morgan fingerprint density at radius 3 is 1.75 bits per heavy atom. The van der Waals surface area contributed by atoms with Gasteiger partial charge in [-0.25, -0.2) is 0 Å². The zero-order chi connectivity index (χ0) is 29.4. The maximum Gasteiger partial charge on any atom is 0.416 e. The maximum absolute atomic E-state index is 13.4. The van der Waals surface area contributed by atoms with E-state index in [1.807, 2.05) is 31.2 Å². The fourth-order valence-electron chi connectivity index (χ4n) is 5.19. The van der Waals surface area contributed by atoms with Gasteiger partial charge in [-0.2, -0.15) is 31.3 Å². The standard InChI is InChI=1S/C31H30F6N2O/c1-6-23-24(17(2)3)12-9-13-25(23)18(4)26-10-7-8-11-27(26)19(5)29-38-28(39-40-29)20-14-21(30(32,33)34)16-22(15-20)31(35,36)37/h7-19H,6H2,1-5H3. The molecular weight excluding hydrogens is 530 g/mol. The molecule has 2 unspecified atom stereocenters. The molecule has 3 aromatic carbocycles. The van der Waals surface area contributed by atoms with Crippen LogP contribution in [0.1, 0.15) is 97.2 Å². The average Bonchev–Trinajstić information content (AvgIpc) is 3.41. The predicted octanol–water partition coefficient (Wildman–Crippen LogP) is 9.76. The molecule has 212 valence electrons. The number of hydrogen-bond donors (Lipinski definition) is 0. The van der Waals surface area contributed by atoms with Gasteiger partial charge in [0.25, 0.3) is 0 Å². The molecule has 0 bridgehead atoms. The van der Waals surface area contributed by atoms with E-state index in [0.717, 1.165) is 17.5 Å². The van der Waals surface area contributed by atoms with Gasteiger partial charge in [0.15, 0.2) is 0 Å². The Hall–Kier alpha value is -3.62. The van der Waals surface area contributed by atoms with Crippen molar-refractivity contribution in [1.29, 1.82) is 0 Å². The van der Waals surface area contributed by atoms with Crippen LogP contribution in [0.25, 0.3) is 11.4 Å². The molecule has 0 N–H and O–H groups in total. The third kappa shape index (κ3) is 5.93. The summed E-state index contributed by atoms with van der Waals surface area (Å²) in [7, 11) is 0. The van der Waals surface area contributed by atoms with Crippen LogP contribution in [0.3, 0.4) is 0 Å². The van der Waals surface area contributed by atoms with Gasteiger partial charge in [-0.3, -0.25) is 0 Å². The van der Waals surface area contributed by atoms with E-state index in [2.05, 4.69) is 56.0 Å². The minimum Gasteiger partial charge on any atom is -0.338 e. The number of hydrogen-bond acceptors (Lipinski definition) is 3. The smallest absolute Gasteiger partial charge is 0.338 e. The van der Waals surface area contributed by atoms with E-state index in [0.29, 0.717) is 18.1 Å². The zero-order valence-corrected chi connectivity index (χ0v) is 22.8. The van der Waals surface area contributed by atoms with Crippen molar-refractivity contribution in [1.82, 2.24) is 10.1 Å². The van der Waals surface area contributed by atoms with Crippen molar-refractivity contribution >= 4 is 0 Å². The van der Waals surface area contributed by atoms with Crippen molar-refractivity contribution in [2.24, 2.45) is 0 Å². The van der Waals surface area contributed by atoms with E-state index in [-0.39, 0.29) is 23.7 Å². The van der Waals surface area contributed by atoms with Gasteiger partial charge in [-0.1, -0.05) is 75.3 Å². The highest BCUT2D eigenvalue weighted by atomic mass is 19.4. The van der Waals surface area contributed by atoms with Crippen LogP contribution in [0, 0.1) is 0 Å². The molecule has 2 atom stereocenters. The van der Waals surface area contributed by atoms with E-state index in [1.54, 1.807) is 0 Å². The molecule has 4 rings (SSSR count). The molecule has 0 radical (unpaired) electrons. The number of alkyl halides is 6. The number of halogens is 6. The van der Waals surface area contributed by atoms with E-state index in [4.69, 9.17) is 4.52 Å². The second kappa shape index (κ2) is 11.1. The van der Waals surface area contributed by atoms with Crippen LogP contribution in [0.4, 0.5) is 26.3 Å². The van der Waals surface area contributed by atoms with Crippen molar-refractivity contribution in [3.8, 4) is 11.4 Å². The molecule has 0 saturated carbocycles. The first kappa shape index (κ1) is 29.4. The summed E-state index contributed by atoms with van der Waals surface area (Å²) in [5.41, 5.74) is 2.37. The Kier molecular flexibility index (Phi) is 8.15. The minimum atomic E-state index is -4.98. The highest BCUT2D eigenvalue weighted by molar-refractivity contribution is 5.58. The Morgan fingerprint density at radius 2 is 1.23 bits per heavy atom. The number of benzene rings is 3. The fraction of sp³-hybridized carbons (Fsp3) is 0.355. The molecule has 40 heavy (non-hydrogen) atoms. The lowest BCUT2D eigenvalue weighted by Gasteiger charge is -2.24. The highest BCUT2D eigenvalue weighted by Gasteiger charge is 2.37. The molecule has 1 heterocycles. The Balaban J connectivity index is 1.74. The highest BCUT2D eigenvalue weighted by Crippen LogP contribution is 2.40. The summed E-state index contributed by atoms with van der Waals surface area (Å²) in [5.74, 6) is -0.352. The lowest BCUT2D eigenvalue weighted by Crippen LogP contribution is -2.11. The van der Waals surface area contributed by atoms with Gasteiger partial charge in [0.2, 0.25) is 11.7 Å². The molecule has 3 nitrogen and oxygen atoms in total. The number of aromatic nitrogens is 2. The molecule has 0 amide bonds. The SMILES string of the molecule is CCc1c(C(C)C)cccc1C(C)c1ccccc1C(C)c1nc(-c2cc(C(F)(F)F)cc(C(F)(F)F)c2)no1. The second-order valence-corrected chi connectivity index (χ2v) is 10.2. The molecule has 4 aromatic rings. The van der Waals surface area contributed by atoms with Crippen LogP contribution in [0.15, 0.2) is 65.2 Å². The number of rotatable bonds is 7. The molecule has 0 aliphatic carbocycles. The molecule has 1 aromatic heterocycles. The third-order valence-corrected chi connectivity index (χ3v) is 7.28. The first-order valence-corrected chi connectivity index (χ1v) is 13.1. The Morgan fingerprint density at radius 1 is 0.700 bits per heavy atom. The van der Waals surface area contributed by atoms with Gasteiger partial charge < -0.3 is 4.52 Å². The van der Waals surface area contributed by atoms with E-state index >= 15 is 0 Å². The van der Waals surface area contributed by atoms with Crippen LogP contribution in [-0.2, 0) is 18.8 Å². The van der Waals surface area contributed by atoms with Gasteiger partial charge in [-0.15, -0.1) is 0 Å². The van der Waals surface area contributed by atoms with Crippen LogP contribution in [0.2, 0.25) is 0 Å². The zero-order valence-electron chi connectivity index (χ0n) is 22.8. The van der Waals surface area contributed by atoms with Crippen molar-refractivity contribution in [2.75, 3.05) is 0 Å². The van der Waals surface area contributed by atoms with E-state index in [9.17, 15) is 26.3 Å².